The van der Waals surface area contributed by atoms with Gasteiger partial charge < -0.3 is 19.5 Å². The van der Waals surface area contributed by atoms with Gasteiger partial charge in [0.15, 0.2) is 0 Å². The van der Waals surface area contributed by atoms with E-state index in [1.165, 1.54) is 0 Å². The van der Waals surface area contributed by atoms with Crippen molar-refractivity contribution in [2.45, 2.75) is 46.1 Å². The van der Waals surface area contributed by atoms with Gasteiger partial charge in [-0.15, -0.1) is 0 Å². The third-order valence-electron chi connectivity index (χ3n) is 6.10. The van der Waals surface area contributed by atoms with Gasteiger partial charge in [-0.2, -0.15) is 0 Å². The number of aliphatic hydroxyl groups is 1. The molecule has 0 spiro atoms. The third-order valence-corrected chi connectivity index (χ3v) is 6.10. The van der Waals surface area contributed by atoms with E-state index >= 15 is 0 Å². The number of hydrogen-bond acceptors (Lipinski definition) is 5. The Morgan fingerprint density at radius 3 is 2.45 bits per heavy atom. The zero-order valence-electron chi connectivity index (χ0n) is 20.3. The molecule has 1 saturated heterocycles. The number of amides is 1. The topological polar surface area (TPSA) is 76.1 Å². The number of benzene rings is 2. The molecule has 176 valence electrons. The number of nitrogens with zero attached hydrogens (tertiary/aromatic N) is 1. The Kier molecular flexibility index (Phi) is 7.59. The largest absolute Gasteiger partial charge is 0.507 e. The van der Waals surface area contributed by atoms with Crippen LogP contribution < -0.4 is 4.74 Å². The molecule has 6 heteroatoms. The second-order valence-corrected chi connectivity index (χ2v) is 8.82. The smallest absolute Gasteiger partial charge is 0.295 e. The molecule has 6 nitrogen and oxygen atoms in total. The van der Waals surface area contributed by atoms with Crippen LogP contribution in [-0.2, 0) is 14.3 Å². The van der Waals surface area contributed by atoms with Gasteiger partial charge in [0.2, 0.25) is 0 Å². The van der Waals surface area contributed by atoms with E-state index in [2.05, 4.69) is 0 Å². The van der Waals surface area contributed by atoms with Gasteiger partial charge in [-0.05, 0) is 55.0 Å². The van der Waals surface area contributed by atoms with E-state index in [1.807, 2.05) is 64.1 Å². The van der Waals surface area contributed by atoms with E-state index in [1.54, 1.807) is 19.1 Å². The average Bonchev–Trinajstić information content (AvgIpc) is 3.03. The van der Waals surface area contributed by atoms with Crippen molar-refractivity contribution in [1.29, 1.82) is 0 Å². The number of ether oxygens (including phenoxy) is 2. The van der Waals surface area contributed by atoms with Crippen LogP contribution in [0, 0.1) is 13.8 Å². The highest BCUT2D eigenvalue weighted by atomic mass is 16.5. The number of aliphatic hydroxyl groups excluding tert-OH is 1. The summed E-state index contributed by atoms with van der Waals surface area (Å²) < 4.78 is 10.7. The number of rotatable bonds is 8. The molecule has 1 fully saturated rings. The molecular formula is C27H33NO5. The van der Waals surface area contributed by atoms with Crippen molar-refractivity contribution in [3.8, 4) is 5.75 Å². The molecule has 0 saturated carbocycles. The Hall–Kier alpha value is -3.12. The van der Waals surface area contributed by atoms with Gasteiger partial charge in [-0.1, -0.05) is 43.7 Å². The summed E-state index contributed by atoms with van der Waals surface area (Å²) >= 11 is 0. The molecule has 1 heterocycles. The Bertz CT molecular complexity index is 1090. The molecule has 1 aliphatic heterocycles. The van der Waals surface area contributed by atoms with Gasteiger partial charge in [-0.25, -0.2) is 0 Å². The number of hydrogen-bond donors (Lipinski definition) is 1. The fourth-order valence-electron chi connectivity index (χ4n) is 4.40. The Labute approximate surface area is 195 Å². The lowest BCUT2D eigenvalue weighted by atomic mass is 9.90. The lowest BCUT2D eigenvalue weighted by Gasteiger charge is -2.26. The number of carbonyl (C=O) groups excluding carboxylic acids is 2. The highest BCUT2D eigenvalue weighted by Crippen LogP contribution is 2.41. The van der Waals surface area contributed by atoms with Crippen LogP contribution in [0.25, 0.3) is 5.76 Å². The summed E-state index contributed by atoms with van der Waals surface area (Å²) in [6.45, 7) is 8.73. The first-order chi connectivity index (χ1) is 15.7. The molecule has 0 aliphatic carbocycles. The van der Waals surface area contributed by atoms with Crippen molar-refractivity contribution >= 4 is 17.4 Å². The predicted molar refractivity (Wildman–Crippen MR) is 129 cm³/mol. The lowest BCUT2D eigenvalue weighted by Crippen LogP contribution is -2.31. The molecular weight excluding hydrogens is 418 g/mol. The second kappa shape index (κ2) is 10.2. The molecule has 33 heavy (non-hydrogen) atoms. The Morgan fingerprint density at radius 2 is 1.85 bits per heavy atom. The maximum Gasteiger partial charge on any atom is 0.295 e. The van der Waals surface area contributed by atoms with Crippen LogP contribution in [0.2, 0.25) is 0 Å². The first kappa shape index (κ1) is 24.5. The van der Waals surface area contributed by atoms with E-state index in [0.717, 1.165) is 28.0 Å². The number of likely N-dealkylation sites (tertiary alicyclic amines) is 1. The van der Waals surface area contributed by atoms with Crippen LogP contribution in [0.5, 0.6) is 5.75 Å². The van der Waals surface area contributed by atoms with Gasteiger partial charge in [0.25, 0.3) is 11.7 Å². The van der Waals surface area contributed by atoms with Crippen molar-refractivity contribution in [1.82, 2.24) is 4.90 Å². The fourth-order valence-corrected chi connectivity index (χ4v) is 4.40. The van der Waals surface area contributed by atoms with Gasteiger partial charge in [-0.3, -0.25) is 9.59 Å². The summed E-state index contributed by atoms with van der Waals surface area (Å²) in [5.74, 6) is -0.547. The van der Waals surface area contributed by atoms with Crippen LogP contribution in [0.1, 0.15) is 60.0 Å². The molecule has 1 atom stereocenters. The Morgan fingerprint density at radius 1 is 1.12 bits per heavy atom. The molecule has 1 aliphatic rings. The van der Waals surface area contributed by atoms with Crippen LogP contribution >= 0.6 is 0 Å². The number of ketones is 1. The zero-order chi connectivity index (χ0) is 24.3. The number of Topliss-reactive ketones (excluding diaryl/α,β-unsaturated/α-hetero) is 1. The second-order valence-electron chi connectivity index (χ2n) is 8.82. The van der Waals surface area contributed by atoms with E-state index in [-0.39, 0.29) is 17.3 Å². The summed E-state index contributed by atoms with van der Waals surface area (Å²) in [5, 5.41) is 11.5. The van der Waals surface area contributed by atoms with Crippen molar-refractivity contribution in [3.63, 3.8) is 0 Å². The summed E-state index contributed by atoms with van der Waals surface area (Å²) in [7, 11) is 3.22. The van der Waals surface area contributed by atoms with Crippen molar-refractivity contribution < 1.29 is 24.2 Å². The normalized spacial score (nSPS) is 17.8. The van der Waals surface area contributed by atoms with E-state index in [0.29, 0.717) is 25.1 Å². The van der Waals surface area contributed by atoms with Crippen molar-refractivity contribution in [2.75, 3.05) is 27.4 Å². The summed E-state index contributed by atoms with van der Waals surface area (Å²) in [5.41, 5.74) is 4.15. The minimum absolute atomic E-state index is 0.117. The molecule has 1 unspecified atom stereocenters. The van der Waals surface area contributed by atoms with Crippen LogP contribution in [0.15, 0.2) is 42.0 Å². The molecule has 0 bridgehead atoms. The summed E-state index contributed by atoms with van der Waals surface area (Å²) in [6, 6.07) is 10.8. The van der Waals surface area contributed by atoms with Gasteiger partial charge in [0.05, 0.1) is 18.7 Å². The lowest BCUT2D eigenvalue weighted by molar-refractivity contribution is -0.140. The van der Waals surface area contributed by atoms with Gasteiger partial charge >= 0.3 is 0 Å². The van der Waals surface area contributed by atoms with Crippen LogP contribution in [0.4, 0.5) is 0 Å². The first-order valence-electron chi connectivity index (χ1n) is 11.2. The van der Waals surface area contributed by atoms with Crippen molar-refractivity contribution in [2.24, 2.45) is 0 Å². The highest BCUT2D eigenvalue weighted by Gasteiger charge is 2.46. The van der Waals surface area contributed by atoms with Gasteiger partial charge in [0, 0.05) is 25.8 Å². The third kappa shape index (κ3) is 4.81. The monoisotopic (exact) mass is 451 g/mol. The van der Waals surface area contributed by atoms with E-state index in [4.69, 9.17) is 9.47 Å². The van der Waals surface area contributed by atoms with Crippen LogP contribution in [0.3, 0.4) is 0 Å². The number of aryl methyl sites for hydroxylation is 2. The van der Waals surface area contributed by atoms with Crippen LogP contribution in [-0.4, -0.2) is 49.1 Å². The number of carbonyl (C=O) groups is 2. The van der Waals surface area contributed by atoms with Gasteiger partial charge in [0.1, 0.15) is 11.5 Å². The fraction of sp³-hybridized carbons (Fsp3) is 0.407. The molecule has 2 aromatic rings. The summed E-state index contributed by atoms with van der Waals surface area (Å²) in [6.07, 6.45) is 0.588. The maximum atomic E-state index is 13.2. The molecule has 3 rings (SSSR count). The number of methoxy groups -OCH3 is 2. The molecule has 1 N–H and O–H groups in total. The first-order valence-corrected chi connectivity index (χ1v) is 11.2. The summed E-state index contributed by atoms with van der Waals surface area (Å²) in [4.78, 5) is 27.8. The quantitative estimate of drug-likeness (QED) is 0.268. The molecule has 0 aromatic heterocycles. The molecule has 0 radical (unpaired) electrons. The van der Waals surface area contributed by atoms with E-state index < -0.39 is 17.7 Å². The Balaban J connectivity index is 2.22. The highest BCUT2D eigenvalue weighted by molar-refractivity contribution is 6.46. The SMILES string of the molecule is COCCCN1C(=O)C(=O)/C(=C(/O)c2cc(C(C)C)c(OC)cc2C)C1c1cccc(C)c1. The molecule has 2 aromatic carbocycles. The minimum Gasteiger partial charge on any atom is -0.507 e. The minimum atomic E-state index is -0.669. The maximum absolute atomic E-state index is 13.2. The zero-order valence-corrected chi connectivity index (χ0v) is 20.3. The van der Waals surface area contributed by atoms with Crippen molar-refractivity contribution in [3.05, 3.63) is 69.8 Å². The van der Waals surface area contributed by atoms with E-state index in [9.17, 15) is 14.7 Å². The predicted octanol–water partition coefficient (Wildman–Crippen LogP) is 4.89. The standard InChI is InChI=1S/C27H33NO5/c1-16(2)20-15-21(18(4)14-22(20)33-6)25(29)23-24(19-10-7-9-17(3)13-19)28(11-8-12-32-5)27(31)26(23)30/h7,9-10,13-16,24,29H,8,11-12H2,1-6H3/b25-23+. The average molecular weight is 452 g/mol. The molecule has 1 amide bonds.